The van der Waals surface area contributed by atoms with Crippen LogP contribution in [0.4, 0.5) is 5.69 Å². The maximum absolute atomic E-state index is 12.0. The van der Waals surface area contributed by atoms with Crippen molar-refractivity contribution in [1.82, 2.24) is 4.98 Å². The van der Waals surface area contributed by atoms with Gasteiger partial charge in [0.25, 0.3) is 0 Å². The number of nitrogens with zero attached hydrogens (tertiary/aromatic N) is 2. The Morgan fingerprint density at radius 1 is 1.60 bits per heavy atom. The van der Waals surface area contributed by atoms with Crippen molar-refractivity contribution in [3.05, 3.63) is 21.4 Å². The third kappa shape index (κ3) is 3.49. The largest absolute Gasteiger partial charge is 0.309 e. The highest BCUT2D eigenvalue weighted by atomic mass is 79.9. The molecule has 1 aromatic heterocycles. The van der Waals surface area contributed by atoms with Crippen LogP contribution in [0.5, 0.6) is 0 Å². The number of primary sulfonamides is 1. The maximum atomic E-state index is 12.0. The Labute approximate surface area is 130 Å². The second-order valence-corrected chi connectivity index (χ2v) is 7.64. The van der Waals surface area contributed by atoms with Crippen LogP contribution in [0.3, 0.4) is 0 Å². The highest BCUT2D eigenvalue weighted by molar-refractivity contribution is 9.10. The number of hydrogen-bond donors (Lipinski definition) is 1. The summed E-state index contributed by atoms with van der Waals surface area (Å²) in [5, 5.41) is 5.23. The summed E-state index contributed by atoms with van der Waals surface area (Å²) in [7, 11) is -3.60. The summed E-state index contributed by atoms with van der Waals surface area (Å²) in [5.74, 6) is -0.723. The summed E-state index contributed by atoms with van der Waals surface area (Å²) in [4.78, 5) is 17.6. The van der Waals surface area contributed by atoms with Gasteiger partial charge in [-0.15, -0.1) is 0 Å². The third-order valence-electron chi connectivity index (χ3n) is 3.05. The van der Waals surface area contributed by atoms with Crippen LogP contribution in [0, 0.1) is 12.8 Å². The molecule has 1 unspecified atom stereocenters. The van der Waals surface area contributed by atoms with Crippen LogP contribution in [0.1, 0.15) is 12.1 Å². The number of rotatable bonds is 3. The van der Waals surface area contributed by atoms with Crippen molar-refractivity contribution in [3.63, 3.8) is 0 Å². The van der Waals surface area contributed by atoms with E-state index in [0.29, 0.717) is 11.4 Å². The van der Waals surface area contributed by atoms with Crippen LogP contribution in [0.2, 0.25) is 5.15 Å². The molecule has 1 aliphatic heterocycles. The monoisotopic (exact) mass is 381 g/mol. The molecule has 1 aliphatic rings. The molecule has 1 fully saturated rings. The van der Waals surface area contributed by atoms with E-state index in [-0.39, 0.29) is 35.7 Å². The smallest absolute Gasteiger partial charge is 0.227 e. The van der Waals surface area contributed by atoms with Crippen molar-refractivity contribution >= 4 is 49.1 Å². The molecule has 0 aromatic carbocycles. The van der Waals surface area contributed by atoms with Crippen LogP contribution in [0.15, 0.2) is 10.5 Å². The van der Waals surface area contributed by atoms with E-state index in [9.17, 15) is 13.2 Å². The number of pyridine rings is 1. The molecule has 0 spiro atoms. The molecule has 0 saturated carbocycles. The van der Waals surface area contributed by atoms with Crippen molar-refractivity contribution in [1.29, 1.82) is 0 Å². The SMILES string of the molecule is Cc1nc(Cl)c(N2CC(CS(N)(=O)=O)CC2=O)cc1Br. The Hall–Kier alpha value is -0.700. The number of nitrogens with two attached hydrogens (primary N) is 1. The Bertz CT molecular complexity index is 665. The van der Waals surface area contributed by atoms with Crippen molar-refractivity contribution in [3.8, 4) is 0 Å². The summed E-state index contributed by atoms with van der Waals surface area (Å²) in [6.45, 7) is 2.06. The molecule has 0 radical (unpaired) electrons. The van der Waals surface area contributed by atoms with Crippen LogP contribution in [0.25, 0.3) is 0 Å². The van der Waals surface area contributed by atoms with Gasteiger partial charge in [0, 0.05) is 23.4 Å². The van der Waals surface area contributed by atoms with Gasteiger partial charge >= 0.3 is 0 Å². The first kappa shape index (κ1) is 15.7. The molecule has 2 heterocycles. The predicted molar refractivity (Wildman–Crippen MR) is 80.1 cm³/mol. The lowest BCUT2D eigenvalue weighted by Gasteiger charge is -2.18. The number of halogens is 2. The Morgan fingerprint density at radius 2 is 2.25 bits per heavy atom. The minimum Gasteiger partial charge on any atom is -0.309 e. The van der Waals surface area contributed by atoms with Crippen molar-refractivity contribution in [2.24, 2.45) is 11.1 Å². The van der Waals surface area contributed by atoms with E-state index >= 15 is 0 Å². The zero-order valence-corrected chi connectivity index (χ0v) is 13.8. The van der Waals surface area contributed by atoms with Gasteiger partial charge in [0.2, 0.25) is 15.9 Å². The average molecular weight is 383 g/mol. The topological polar surface area (TPSA) is 93.4 Å². The number of anilines is 1. The van der Waals surface area contributed by atoms with Crippen molar-refractivity contribution in [2.75, 3.05) is 17.2 Å². The van der Waals surface area contributed by atoms with Crippen LogP contribution in [-0.2, 0) is 14.8 Å². The molecule has 1 aromatic rings. The highest BCUT2D eigenvalue weighted by Crippen LogP contribution is 2.33. The molecule has 6 nitrogen and oxygen atoms in total. The fraction of sp³-hybridized carbons (Fsp3) is 0.455. The third-order valence-corrected chi connectivity index (χ3v) is 5.07. The van der Waals surface area contributed by atoms with E-state index in [2.05, 4.69) is 20.9 Å². The van der Waals surface area contributed by atoms with Gasteiger partial charge in [-0.1, -0.05) is 11.6 Å². The molecule has 1 saturated heterocycles. The number of hydrogen-bond acceptors (Lipinski definition) is 4. The lowest BCUT2D eigenvalue weighted by molar-refractivity contribution is -0.117. The number of aromatic nitrogens is 1. The van der Waals surface area contributed by atoms with E-state index in [1.807, 2.05) is 0 Å². The molecule has 2 N–H and O–H groups in total. The summed E-state index contributed by atoms with van der Waals surface area (Å²) >= 11 is 9.40. The molecular formula is C11H13BrClN3O3S. The maximum Gasteiger partial charge on any atom is 0.227 e. The van der Waals surface area contributed by atoms with Gasteiger partial charge in [0.1, 0.15) is 0 Å². The van der Waals surface area contributed by atoms with Gasteiger partial charge in [-0.05, 0) is 28.9 Å². The van der Waals surface area contributed by atoms with E-state index < -0.39 is 10.0 Å². The summed E-state index contributed by atoms with van der Waals surface area (Å²) in [5.41, 5.74) is 1.19. The number of aryl methyl sites for hydroxylation is 1. The Balaban J connectivity index is 2.26. The van der Waals surface area contributed by atoms with E-state index in [0.717, 1.165) is 4.47 Å². The molecule has 20 heavy (non-hydrogen) atoms. The normalized spacial score (nSPS) is 19.7. The van der Waals surface area contributed by atoms with Gasteiger partial charge in [-0.25, -0.2) is 18.5 Å². The molecule has 1 atom stereocenters. The summed E-state index contributed by atoms with van der Waals surface area (Å²) in [6, 6.07) is 1.71. The van der Waals surface area contributed by atoms with Crippen LogP contribution in [-0.4, -0.2) is 31.6 Å². The number of amides is 1. The molecule has 110 valence electrons. The quantitative estimate of drug-likeness (QED) is 0.801. The Morgan fingerprint density at radius 3 is 2.85 bits per heavy atom. The summed E-state index contributed by atoms with van der Waals surface area (Å²) in [6.07, 6.45) is 0.137. The molecule has 2 rings (SSSR count). The second-order valence-electron chi connectivity index (χ2n) is 4.77. The fourth-order valence-corrected chi connectivity index (χ4v) is 3.65. The Kier molecular flexibility index (Phi) is 4.38. The first-order chi connectivity index (χ1) is 9.17. The number of sulfonamides is 1. The first-order valence-electron chi connectivity index (χ1n) is 5.81. The first-order valence-corrected chi connectivity index (χ1v) is 8.69. The average Bonchev–Trinajstić information content (AvgIpc) is 2.62. The van der Waals surface area contributed by atoms with Crippen molar-refractivity contribution in [2.45, 2.75) is 13.3 Å². The molecule has 9 heteroatoms. The van der Waals surface area contributed by atoms with E-state index in [1.54, 1.807) is 13.0 Å². The minimum absolute atomic E-state index is 0.137. The fourth-order valence-electron chi connectivity index (χ4n) is 2.19. The minimum atomic E-state index is -3.60. The van der Waals surface area contributed by atoms with E-state index in [4.69, 9.17) is 16.7 Å². The zero-order valence-electron chi connectivity index (χ0n) is 10.6. The van der Waals surface area contributed by atoms with E-state index in [1.165, 1.54) is 4.90 Å². The second kappa shape index (κ2) is 5.59. The lowest BCUT2D eigenvalue weighted by atomic mass is 10.1. The predicted octanol–water partition coefficient (Wildman–Crippen LogP) is 1.45. The van der Waals surface area contributed by atoms with Gasteiger partial charge in [-0.3, -0.25) is 4.79 Å². The van der Waals surface area contributed by atoms with Crippen molar-refractivity contribution < 1.29 is 13.2 Å². The molecule has 0 bridgehead atoms. The molecule has 0 aliphatic carbocycles. The number of carbonyl (C=O) groups excluding carboxylic acids is 1. The molecular weight excluding hydrogens is 370 g/mol. The van der Waals surface area contributed by atoms with Gasteiger partial charge in [-0.2, -0.15) is 0 Å². The molecule has 1 amide bonds. The van der Waals surface area contributed by atoms with Crippen LogP contribution < -0.4 is 10.0 Å². The standard InChI is InChI=1S/C11H13BrClN3O3S/c1-6-8(12)3-9(11(13)15-6)16-4-7(2-10(16)17)5-20(14,18)19/h3,7H,2,4-5H2,1H3,(H2,14,18,19). The van der Waals surface area contributed by atoms with Gasteiger partial charge in [0.15, 0.2) is 5.15 Å². The highest BCUT2D eigenvalue weighted by Gasteiger charge is 2.34. The van der Waals surface area contributed by atoms with Gasteiger partial charge in [0.05, 0.1) is 17.1 Å². The summed E-state index contributed by atoms with van der Waals surface area (Å²) < 4.78 is 22.9. The van der Waals surface area contributed by atoms with Gasteiger partial charge < -0.3 is 4.90 Å². The zero-order chi connectivity index (χ0) is 15.1. The lowest BCUT2D eigenvalue weighted by Crippen LogP contribution is -2.28. The number of carbonyl (C=O) groups is 1. The van der Waals surface area contributed by atoms with Crippen LogP contribution >= 0.6 is 27.5 Å².